The molecule has 0 amide bonds. The van der Waals surface area contributed by atoms with Crippen LogP contribution in [-0.4, -0.2) is 12.6 Å². The Morgan fingerprint density at radius 3 is 2.35 bits per heavy atom. The molecule has 0 radical (unpaired) electrons. The molecule has 100 valence electrons. The maximum atomic E-state index is 11.3. The van der Waals surface area contributed by atoms with Crippen LogP contribution in [0.5, 0.6) is 0 Å². The first-order chi connectivity index (χ1) is 8.16. The van der Waals surface area contributed by atoms with E-state index in [9.17, 15) is 4.79 Å². The van der Waals surface area contributed by atoms with Gasteiger partial charge in [0.15, 0.2) is 0 Å². The van der Waals surface area contributed by atoms with Crippen LogP contribution in [0.15, 0.2) is 12.2 Å². The molecule has 0 aromatic carbocycles. The van der Waals surface area contributed by atoms with Gasteiger partial charge in [-0.15, -0.1) is 0 Å². The molecular formula is C15H28O2. The van der Waals surface area contributed by atoms with E-state index in [0.29, 0.717) is 18.9 Å². The zero-order chi connectivity index (χ0) is 12.9. The molecule has 0 spiro atoms. The van der Waals surface area contributed by atoms with Crippen LogP contribution in [0.1, 0.15) is 65.7 Å². The van der Waals surface area contributed by atoms with Gasteiger partial charge in [0.05, 0.1) is 6.61 Å². The summed E-state index contributed by atoms with van der Waals surface area (Å²) in [4.78, 5) is 11.3. The second-order valence-electron chi connectivity index (χ2n) is 4.94. The Labute approximate surface area is 106 Å². The molecule has 0 rings (SSSR count). The highest BCUT2D eigenvalue weighted by Gasteiger charge is 2.02. The summed E-state index contributed by atoms with van der Waals surface area (Å²) in [6.45, 7) is 6.86. The molecule has 0 bridgehead atoms. The zero-order valence-electron chi connectivity index (χ0n) is 11.7. The van der Waals surface area contributed by atoms with Gasteiger partial charge in [0.1, 0.15) is 0 Å². The Bertz CT molecular complexity index is 207. The Kier molecular flexibility index (Phi) is 11.1. The first kappa shape index (κ1) is 16.2. The van der Waals surface area contributed by atoms with Crippen LogP contribution in [0, 0.1) is 5.92 Å². The highest BCUT2D eigenvalue weighted by atomic mass is 16.5. The predicted molar refractivity (Wildman–Crippen MR) is 72.9 cm³/mol. The van der Waals surface area contributed by atoms with Crippen LogP contribution >= 0.6 is 0 Å². The summed E-state index contributed by atoms with van der Waals surface area (Å²) in [5.74, 6) is 0.371. The maximum Gasteiger partial charge on any atom is 0.305 e. The molecule has 0 unspecified atom stereocenters. The lowest BCUT2D eigenvalue weighted by atomic mass is 10.1. The Morgan fingerprint density at radius 1 is 1.12 bits per heavy atom. The van der Waals surface area contributed by atoms with E-state index in [1.165, 1.54) is 25.7 Å². The lowest BCUT2D eigenvalue weighted by molar-refractivity contribution is -0.144. The van der Waals surface area contributed by atoms with E-state index < -0.39 is 0 Å². The average Bonchev–Trinajstić information content (AvgIpc) is 2.30. The van der Waals surface area contributed by atoms with Crippen LogP contribution < -0.4 is 0 Å². The first-order valence-corrected chi connectivity index (χ1v) is 6.97. The van der Waals surface area contributed by atoms with Gasteiger partial charge in [0, 0.05) is 6.42 Å². The minimum Gasteiger partial charge on any atom is -0.465 e. The van der Waals surface area contributed by atoms with Crippen LogP contribution in [0.4, 0.5) is 0 Å². The van der Waals surface area contributed by atoms with E-state index in [1.807, 2.05) is 13.8 Å². The third kappa shape index (κ3) is 13.1. The van der Waals surface area contributed by atoms with Crippen molar-refractivity contribution >= 4 is 5.97 Å². The van der Waals surface area contributed by atoms with Gasteiger partial charge in [-0.2, -0.15) is 0 Å². The van der Waals surface area contributed by atoms with Crippen LogP contribution in [0.2, 0.25) is 0 Å². The largest absolute Gasteiger partial charge is 0.465 e. The molecular weight excluding hydrogens is 212 g/mol. The summed E-state index contributed by atoms with van der Waals surface area (Å²) in [5, 5.41) is 0. The van der Waals surface area contributed by atoms with Crippen molar-refractivity contribution in [2.45, 2.75) is 65.7 Å². The number of carbonyl (C=O) groups is 1. The summed E-state index contributed by atoms with van der Waals surface area (Å²) in [6.07, 6.45) is 11.9. The Balaban J connectivity index is 3.29. The Hall–Kier alpha value is -0.790. The summed E-state index contributed by atoms with van der Waals surface area (Å²) in [5.41, 5.74) is 0. The van der Waals surface area contributed by atoms with Crippen molar-refractivity contribution in [2.24, 2.45) is 5.92 Å². The summed E-state index contributed by atoms with van der Waals surface area (Å²) in [6, 6.07) is 0. The standard InChI is InChI=1S/C15H28O2/c1-4-5-6-7-8-9-10-11-12-15(16)17-13-14(2)3/h8-9,14H,4-7,10-13H2,1-3H3. The van der Waals surface area contributed by atoms with Gasteiger partial charge < -0.3 is 4.74 Å². The number of hydrogen-bond donors (Lipinski definition) is 0. The third-order valence-corrected chi connectivity index (χ3v) is 2.47. The summed E-state index contributed by atoms with van der Waals surface area (Å²) < 4.78 is 5.10. The molecule has 0 aliphatic rings. The molecule has 0 aromatic rings. The molecule has 0 saturated carbocycles. The third-order valence-electron chi connectivity index (χ3n) is 2.47. The summed E-state index contributed by atoms with van der Waals surface area (Å²) in [7, 11) is 0. The van der Waals surface area contributed by atoms with E-state index >= 15 is 0 Å². The van der Waals surface area contributed by atoms with Gasteiger partial charge in [-0.05, 0) is 31.6 Å². The van der Waals surface area contributed by atoms with Crippen molar-refractivity contribution in [3.63, 3.8) is 0 Å². The molecule has 0 aromatic heterocycles. The quantitative estimate of drug-likeness (QED) is 0.319. The number of rotatable bonds is 10. The molecule has 17 heavy (non-hydrogen) atoms. The minimum atomic E-state index is -0.0573. The van der Waals surface area contributed by atoms with Gasteiger partial charge in [-0.1, -0.05) is 45.8 Å². The topological polar surface area (TPSA) is 26.3 Å². The van der Waals surface area contributed by atoms with E-state index in [4.69, 9.17) is 4.74 Å². The molecule has 0 N–H and O–H groups in total. The van der Waals surface area contributed by atoms with Crippen LogP contribution in [0.25, 0.3) is 0 Å². The number of hydrogen-bond acceptors (Lipinski definition) is 2. The maximum absolute atomic E-state index is 11.3. The molecule has 0 atom stereocenters. The number of allylic oxidation sites excluding steroid dienone is 2. The number of unbranched alkanes of at least 4 members (excludes halogenated alkanes) is 4. The lowest BCUT2D eigenvalue weighted by Crippen LogP contribution is -2.09. The van der Waals surface area contributed by atoms with Crippen molar-refractivity contribution in [3.8, 4) is 0 Å². The van der Waals surface area contributed by atoms with Crippen LogP contribution in [-0.2, 0) is 9.53 Å². The molecule has 2 heteroatoms. The fourth-order valence-electron chi connectivity index (χ4n) is 1.44. The number of esters is 1. The van der Waals surface area contributed by atoms with Gasteiger partial charge in [0.2, 0.25) is 0 Å². The molecule has 0 aliphatic carbocycles. The summed E-state index contributed by atoms with van der Waals surface area (Å²) >= 11 is 0. The lowest BCUT2D eigenvalue weighted by Gasteiger charge is -2.06. The normalized spacial score (nSPS) is 11.3. The van der Waals surface area contributed by atoms with E-state index in [1.54, 1.807) is 0 Å². The van der Waals surface area contributed by atoms with Gasteiger partial charge in [-0.25, -0.2) is 0 Å². The smallest absolute Gasteiger partial charge is 0.305 e. The number of carbonyl (C=O) groups excluding carboxylic acids is 1. The van der Waals surface area contributed by atoms with Crippen LogP contribution in [0.3, 0.4) is 0 Å². The van der Waals surface area contributed by atoms with Gasteiger partial charge in [-0.3, -0.25) is 4.79 Å². The van der Waals surface area contributed by atoms with Crippen molar-refractivity contribution in [2.75, 3.05) is 6.61 Å². The minimum absolute atomic E-state index is 0.0573. The second kappa shape index (κ2) is 11.7. The SMILES string of the molecule is CCCCCC=CCCCC(=O)OCC(C)C. The molecule has 0 saturated heterocycles. The van der Waals surface area contributed by atoms with Crippen molar-refractivity contribution < 1.29 is 9.53 Å². The average molecular weight is 240 g/mol. The fraction of sp³-hybridized carbons (Fsp3) is 0.800. The van der Waals surface area contributed by atoms with E-state index in [2.05, 4.69) is 19.1 Å². The fourth-order valence-corrected chi connectivity index (χ4v) is 1.44. The van der Waals surface area contributed by atoms with E-state index in [-0.39, 0.29) is 5.97 Å². The zero-order valence-corrected chi connectivity index (χ0v) is 11.7. The number of ether oxygens (including phenoxy) is 1. The van der Waals surface area contributed by atoms with Gasteiger partial charge >= 0.3 is 5.97 Å². The highest BCUT2D eigenvalue weighted by molar-refractivity contribution is 5.69. The Morgan fingerprint density at radius 2 is 1.76 bits per heavy atom. The monoisotopic (exact) mass is 240 g/mol. The molecule has 0 fully saturated rings. The van der Waals surface area contributed by atoms with Crippen molar-refractivity contribution in [3.05, 3.63) is 12.2 Å². The highest BCUT2D eigenvalue weighted by Crippen LogP contribution is 2.04. The second-order valence-corrected chi connectivity index (χ2v) is 4.94. The van der Waals surface area contributed by atoms with Gasteiger partial charge in [0.25, 0.3) is 0 Å². The molecule has 0 aliphatic heterocycles. The van der Waals surface area contributed by atoms with E-state index in [0.717, 1.165) is 12.8 Å². The van der Waals surface area contributed by atoms with Crippen molar-refractivity contribution in [1.82, 2.24) is 0 Å². The van der Waals surface area contributed by atoms with Crippen molar-refractivity contribution in [1.29, 1.82) is 0 Å². The first-order valence-electron chi connectivity index (χ1n) is 6.97. The molecule has 0 heterocycles. The predicted octanol–water partition coefficient (Wildman–Crippen LogP) is 4.49. The molecule has 2 nitrogen and oxygen atoms in total.